The second kappa shape index (κ2) is 6.85. The lowest BCUT2D eigenvalue weighted by atomic mass is 10.1. The van der Waals surface area contributed by atoms with Crippen molar-refractivity contribution in [3.63, 3.8) is 0 Å². The van der Waals surface area contributed by atoms with Crippen LogP contribution in [0.15, 0.2) is 29.0 Å². The van der Waals surface area contributed by atoms with Crippen LogP contribution in [0.4, 0.5) is 10.2 Å². The molecule has 0 aliphatic rings. The minimum atomic E-state index is -0.434. The van der Waals surface area contributed by atoms with E-state index in [2.05, 4.69) is 31.2 Å². The molecule has 0 aliphatic heterocycles. The Hall–Kier alpha value is -1.69. The molecule has 1 aromatic carbocycles. The first kappa shape index (κ1) is 15.7. The summed E-state index contributed by atoms with van der Waals surface area (Å²) in [6.45, 7) is 6.76. The molecule has 0 saturated heterocycles. The van der Waals surface area contributed by atoms with E-state index in [9.17, 15) is 4.39 Å². The number of halogens is 2. The maximum Gasteiger partial charge on any atom is 0.228 e. The van der Waals surface area contributed by atoms with E-state index in [1.54, 1.807) is 12.1 Å². The van der Waals surface area contributed by atoms with Crippen molar-refractivity contribution in [3.05, 3.63) is 40.4 Å². The van der Waals surface area contributed by atoms with Crippen molar-refractivity contribution in [2.45, 2.75) is 26.7 Å². The van der Waals surface area contributed by atoms with Crippen molar-refractivity contribution in [3.8, 4) is 11.6 Å². The lowest BCUT2D eigenvalue weighted by Gasteiger charge is -2.16. The average Bonchev–Trinajstić information content (AvgIpc) is 2.43. The Morgan fingerprint density at radius 1 is 1.33 bits per heavy atom. The van der Waals surface area contributed by atoms with Crippen molar-refractivity contribution in [1.29, 1.82) is 0 Å². The second-order valence-electron chi connectivity index (χ2n) is 4.80. The number of anilines is 1. The Kier molecular flexibility index (Phi) is 5.12. The maximum atomic E-state index is 13.8. The molecule has 21 heavy (non-hydrogen) atoms. The highest BCUT2D eigenvalue weighted by Crippen LogP contribution is 2.34. The molecule has 2 rings (SSSR count). The van der Waals surface area contributed by atoms with Crippen LogP contribution in [0, 0.1) is 5.82 Å². The van der Waals surface area contributed by atoms with Gasteiger partial charge in [0, 0.05) is 11.0 Å². The third kappa shape index (κ3) is 3.69. The van der Waals surface area contributed by atoms with E-state index in [1.165, 1.54) is 12.4 Å². The first-order valence-corrected chi connectivity index (χ1v) is 7.53. The third-order valence-corrected chi connectivity index (χ3v) is 3.36. The number of nitrogens with one attached hydrogen (secondary N) is 1. The van der Waals surface area contributed by atoms with Crippen LogP contribution in [0.2, 0.25) is 0 Å². The zero-order chi connectivity index (χ0) is 15.4. The molecule has 0 atom stereocenters. The fourth-order valence-corrected chi connectivity index (χ4v) is 2.29. The van der Waals surface area contributed by atoms with Gasteiger partial charge in [0.05, 0.1) is 5.56 Å². The van der Waals surface area contributed by atoms with Crippen LogP contribution in [0.5, 0.6) is 11.6 Å². The van der Waals surface area contributed by atoms with Crippen LogP contribution in [0.3, 0.4) is 0 Å². The van der Waals surface area contributed by atoms with E-state index in [1.807, 2.05) is 20.8 Å². The van der Waals surface area contributed by atoms with Gasteiger partial charge < -0.3 is 10.1 Å². The van der Waals surface area contributed by atoms with Gasteiger partial charge in [-0.05, 0) is 31.0 Å². The summed E-state index contributed by atoms with van der Waals surface area (Å²) in [5, 5.41) is 3.18. The zero-order valence-corrected chi connectivity index (χ0v) is 13.7. The maximum absolute atomic E-state index is 13.8. The van der Waals surface area contributed by atoms with E-state index in [0.717, 1.165) is 16.6 Å². The van der Waals surface area contributed by atoms with Gasteiger partial charge in [0.15, 0.2) is 11.6 Å². The number of aromatic nitrogens is 2. The molecule has 0 saturated carbocycles. The van der Waals surface area contributed by atoms with E-state index < -0.39 is 5.82 Å². The van der Waals surface area contributed by atoms with Gasteiger partial charge >= 0.3 is 0 Å². The molecule has 0 radical (unpaired) electrons. The summed E-state index contributed by atoms with van der Waals surface area (Å²) in [6, 6.07) is 4.55. The highest BCUT2D eigenvalue weighted by atomic mass is 79.9. The second-order valence-corrected chi connectivity index (χ2v) is 5.72. The van der Waals surface area contributed by atoms with Gasteiger partial charge in [-0.2, -0.15) is 0 Å². The first-order chi connectivity index (χ1) is 10.0. The number of ether oxygens (including phenoxy) is 1. The van der Waals surface area contributed by atoms with Crippen LogP contribution in [-0.2, 0) is 0 Å². The summed E-state index contributed by atoms with van der Waals surface area (Å²) in [4.78, 5) is 8.38. The molecule has 1 heterocycles. The molecule has 0 spiro atoms. The normalized spacial score (nSPS) is 10.8. The first-order valence-electron chi connectivity index (χ1n) is 6.74. The van der Waals surface area contributed by atoms with E-state index >= 15 is 0 Å². The van der Waals surface area contributed by atoms with Crippen LogP contribution >= 0.6 is 15.9 Å². The van der Waals surface area contributed by atoms with Crippen molar-refractivity contribution in [2.75, 3.05) is 11.9 Å². The molecule has 0 bridgehead atoms. The van der Waals surface area contributed by atoms with Gasteiger partial charge in [-0.1, -0.05) is 29.8 Å². The highest BCUT2D eigenvalue weighted by Gasteiger charge is 2.17. The molecule has 4 nitrogen and oxygen atoms in total. The standard InChI is InChI=1S/C15H17BrFN3O/c1-4-18-14-13(9(2)3)15(20-8-19-14)21-12-7-10(16)5-6-11(12)17/h5-9H,4H2,1-3H3,(H,18,19,20). The molecule has 112 valence electrons. The predicted octanol–water partition coefficient (Wildman–Crippen LogP) is 4.73. The molecule has 1 aromatic heterocycles. The van der Waals surface area contributed by atoms with Crippen LogP contribution in [0.1, 0.15) is 32.3 Å². The van der Waals surface area contributed by atoms with Crippen LogP contribution < -0.4 is 10.1 Å². The monoisotopic (exact) mass is 353 g/mol. The number of nitrogens with zero attached hydrogens (tertiary/aromatic N) is 2. The summed E-state index contributed by atoms with van der Waals surface area (Å²) in [5.41, 5.74) is 0.832. The van der Waals surface area contributed by atoms with Crippen molar-refractivity contribution < 1.29 is 9.13 Å². The number of benzene rings is 1. The van der Waals surface area contributed by atoms with E-state index in [0.29, 0.717) is 11.7 Å². The molecule has 1 N–H and O–H groups in total. The lowest BCUT2D eigenvalue weighted by Crippen LogP contribution is -2.07. The van der Waals surface area contributed by atoms with Gasteiger partial charge in [-0.3, -0.25) is 0 Å². The Morgan fingerprint density at radius 3 is 2.76 bits per heavy atom. The largest absolute Gasteiger partial charge is 0.435 e. The molecule has 0 aliphatic carbocycles. The fraction of sp³-hybridized carbons (Fsp3) is 0.333. The summed E-state index contributed by atoms with van der Waals surface area (Å²) in [6.07, 6.45) is 1.41. The summed E-state index contributed by atoms with van der Waals surface area (Å²) in [5.74, 6) is 0.926. The Balaban J connectivity index is 2.43. The Bertz CT molecular complexity index is 634. The van der Waals surface area contributed by atoms with Crippen molar-refractivity contribution >= 4 is 21.7 Å². The van der Waals surface area contributed by atoms with Gasteiger partial charge in [-0.25, -0.2) is 14.4 Å². The summed E-state index contributed by atoms with van der Waals surface area (Å²) < 4.78 is 20.2. The number of hydrogen-bond acceptors (Lipinski definition) is 4. The minimum absolute atomic E-state index is 0.132. The molecular weight excluding hydrogens is 337 g/mol. The number of rotatable bonds is 5. The zero-order valence-electron chi connectivity index (χ0n) is 12.2. The topological polar surface area (TPSA) is 47.0 Å². The third-order valence-electron chi connectivity index (χ3n) is 2.87. The Labute approximate surface area is 131 Å². The van der Waals surface area contributed by atoms with E-state index in [-0.39, 0.29) is 11.7 Å². The molecule has 6 heteroatoms. The van der Waals surface area contributed by atoms with Crippen LogP contribution in [0.25, 0.3) is 0 Å². The molecule has 2 aromatic rings. The fourth-order valence-electron chi connectivity index (χ4n) is 1.95. The smallest absolute Gasteiger partial charge is 0.228 e. The van der Waals surface area contributed by atoms with Crippen molar-refractivity contribution in [2.24, 2.45) is 0 Å². The minimum Gasteiger partial charge on any atom is -0.435 e. The van der Waals surface area contributed by atoms with Crippen molar-refractivity contribution in [1.82, 2.24) is 9.97 Å². The Morgan fingerprint density at radius 2 is 2.10 bits per heavy atom. The molecular formula is C15H17BrFN3O. The van der Waals surface area contributed by atoms with Crippen LogP contribution in [-0.4, -0.2) is 16.5 Å². The van der Waals surface area contributed by atoms with Gasteiger partial charge in [0.2, 0.25) is 5.88 Å². The predicted molar refractivity (Wildman–Crippen MR) is 84.5 cm³/mol. The lowest BCUT2D eigenvalue weighted by molar-refractivity contribution is 0.419. The summed E-state index contributed by atoms with van der Waals surface area (Å²) in [7, 11) is 0. The quantitative estimate of drug-likeness (QED) is 0.844. The van der Waals surface area contributed by atoms with E-state index in [4.69, 9.17) is 4.74 Å². The molecule has 0 amide bonds. The molecule has 0 unspecified atom stereocenters. The van der Waals surface area contributed by atoms with Gasteiger partial charge in [-0.15, -0.1) is 0 Å². The SMILES string of the molecule is CCNc1ncnc(Oc2cc(Br)ccc2F)c1C(C)C. The summed E-state index contributed by atoms with van der Waals surface area (Å²) >= 11 is 3.30. The average molecular weight is 354 g/mol. The molecule has 0 fully saturated rings. The highest BCUT2D eigenvalue weighted by molar-refractivity contribution is 9.10. The van der Waals surface area contributed by atoms with Gasteiger partial charge in [0.1, 0.15) is 12.1 Å². The van der Waals surface area contributed by atoms with Gasteiger partial charge in [0.25, 0.3) is 0 Å². The number of hydrogen-bond donors (Lipinski definition) is 1.